The van der Waals surface area contributed by atoms with Crippen molar-refractivity contribution in [1.29, 1.82) is 0 Å². The van der Waals surface area contributed by atoms with Crippen molar-refractivity contribution in [1.82, 2.24) is 0 Å². The summed E-state index contributed by atoms with van der Waals surface area (Å²) in [4.78, 5) is 3.09. The normalized spacial score (nSPS) is 22.7. The van der Waals surface area contributed by atoms with Crippen molar-refractivity contribution in [3.05, 3.63) is 33.2 Å². The van der Waals surface area contributed by atoms with E-state index < -0.39 is 20.4 Å². The summed E-state index contributed by atoms with van der Waals surface area (Å²) < 4.78 is 31.2. The first-order valence-electron chi connectivity index (χ1n) is 11.5. The minimum atomic E-state index is -2.74. The molecule has 0 bridgehead atoms. The highest BCUT2D eigenvalue weighted by Gasteiger charge is 2.62. The second kappa shape index (κ2) is 8.78. The van der Waals surface area contributed by atoms with Gasteiger partial charge in [0.05, 0.1) is 32.5 Å². The Bertz CT molecular complexity index is 931. The molecule has 1 aromatic carbocycles. The Kier molecular flexibility index (Phi) is 6.88. The number of fused-ring (bicyclic) bond motifs is 1. The number of benzene rings is 1. The van der Waals surface area contributed by atoms with E-state index in [9.17, 15) is 5.53 Å². The van der Waals surface area contributed by atoms with Crippen molar-refractivity contribution in [2.75, 3.05) is 13.7 Å². The predicted octanol–water partition coefficient (Wildman–Crippen LogP) is 6.33. The van der Waals surface area contributed by atoms with Gasteiger partial charge in [0.25, 0.3) is 0 Å². The van der Waals surface area contributed by atoms with Gasteiger partial charge in [0, 0.05) is 20.6 Å². The van der Waals surface area contributed by atoms with Crippen LogP contribution in [-0.4, -0.2) is 40.2 Å². The number of rotatable bonds is 5. The van der Waals surface area contributed by atoms with E-state index in [2.05, 4.69) is 57.6 Å². The second-order valence-electron chi connectivity index (χ2n) is 11.5. The maximum atomic E-state index is 9.23. The quantitative estimate of drug-likeness (QED) is 0.214. The molecule has 184 valence electrons. The molecule has 8 nitrogen and oxygen atoms in total. The fraction of sp³-hybridized carbons (Fsp3) is 0.750. The van der Waals surface area contributed by atoms with E-state index in [0.29, 0.717) is 19.6 Å². The summed E-state index contributed by atoms with van der Waals surface area (Å²) in [6.45, 7) is 19.7. The summed E-state index contributed by atoms with van der Waals surface area (Å²) in [7, 11) is -1.06. The van der Waals surface area contributed by atoms with Gasteiger partial charge in [-0.1, -0.05) is 52.7 Å². The van der Waals surface area contributed by atoms with Crippen LogP contribution in [0.3, 0.4) is 0 Å². The highest BCUT2D eigenvalue weighted by molar-refractivity contribution is 6.74. The molecule has 2 unspecified atom stereocenters. The minimum absolute atomic E-state index is 0.161. The van der Waals surface area contributed by atoms with Crippen molar-refractivity contribution >= 4 is 8.56 Å². The summed E-state index contributed by atoms with van der Waals surface area (Å²) in [5.74, 6) is 0.809. The van der Waals surface area contributed by atoms with E-state index in [-0.39, 0.29) is 16.2 Å². The van der Waals surface area contributed by atoms with Gasteiger partial charge in [0.15, 0.2) is 17.3 Å². The van der Waals surface area contributed by atoms with Gasteiger partial charge in [0.1, 0.15) is 0 Å². The summed E-state index contributed by atoms with van der Waals surface area (Å²) in [5, 5.41) is 3.75. The fourth-order valence-electron chi connectivity index (χ4n) is 5.23. The van der Waals surface area contributed by atoms with Gasteiger partial charge in [-0.3, -0.25) is 0 Å². The van der Waals surface area contributed by atoms with E-state index >= 15 is 0 Å². The molecular weight excluding hydrogens is 438 g/mol. The first-order valence-corrected chi connectivity index (χ1v) is 13.4. The topological polar surface area (TPSA) is 94.9 Å². The van der Waals surface area contributed by atoms with E-state index in [1.807, 2.05) is 20.8 Å². The smallest absolute Gasteiger partial charge is 0.410 e. The van der Waals surface area contributed by atoms with Crippen LogP contribution in [0.15, 0.2) is 11.2 Å². The lowest BCUT2D eigenvalue weighted by molar-refractivity contribution is -0.140. The molecule has 0 amide bonds. The van der Waals surface area contributed by atoms with Crippen LogP contribution in [0.25, 0.3) is 10.4 Å². The fourth-order valence-corrected chi connectivity index (χ4v) is 9.87. The SMILES string of the molecule is COc1c(C)cc(CC(N=[N+]=[N-])C2COC(C)(C)O2)c2c1O[Si](C(C)(C)C)(C(C)(C)C)OC2. The van der Waals surface area contributed by atoms with Crippen LogP contribution in [0.1, 0.15) is 72.1 Å². The number of hydrogen-bond donors (Lipinski definition) is 0. The Morgan fingerprint density at radius 3 is 2.36 bits per heavy atom. The van der Waals surface area contributed by atoms with Crippen LogP contribution in [0.4, 0.5) is 0 Å². The van der Waals surface area contributed by atoms with Crippen molar-refractivity contribution in [2.24, 2.45) is 5.11 Å². The maximum Gasteiger partial charge on any atom is 0.410 e. The molecule has 3 rings (SSSR count). The number of aryl methyl sites for hydroxylation is 1. The summed E-state index contributed by atoms with van der Waals surface area (Å²) in [5.41, 5.74) is 12.2. The van der Waals surface area contributed by atoms with Gasteiger partial charge >= 0.3 is 8.56 Å². The van der Waals surface area contributed by atoms with Gasteiger partial charge in [-0.25, -0.2) is 0 Å². The highest BCUT2D eigenvalue weighted by Crippen LogP contribution is 2.56. The Hall–Kier alpha value is -1.77. The zero-order chi connectivity index (χ0) is 24.8. The molecule has 1 aromatic rings. The largest absolute Gasteiger partial charge is 0.516 e. The van der Waals surface area contributed by atoms with Crippen LogP contribution < -0.4 is 9.16 Å². The molecule has 9 heteroatoms. The number of ether oxygens (including phenoxy) is 3. The Balaban J connectivity index is 2.07. The van der Waals surface area contributed by atoms with Crippen LogP contribution in [0.2, 0.25) is 10.1 Å². The molecule has 0 N–H and O–H groups in total. The third-order valence-electron chi connectivity index (χ3n) is 6.55. The predicted molar refractivity (Wildman–Crippen MR) is 130 cm³/mol. The van der Waals surface area contributed by atoms with Crippen molar-refractivity contribution in [3.8, 4) is 11.5 Å². The second-order valence-corrected chi connectivity index (χ2v) is 16.3. The third kappa shape index (κ3) is 4.75. The first kappa shape index (κ1) is 25.8. The van der Waals surface area contributed by atoms with Crippen LogP contribution in [0.5, 0.6) is 11.5 Å². The molecule has 2 heterocycles. The monoisotopic (exact) mass is 477 g/mol. The average Bonchev–Trinajstić information content (AvgIpc) is 3.05. The van der Waals surface area contributed by atoms with Gasteiger partial charge in [-0.05, 0) is 43.9 Å². The maximum absolute atomic E-state index is 9.23. The lowest BCUT2D eigenvalue weighted by Crippen LogP contribution is -2.61. The molecule has 2 atom stereocenters. The zero-order valence-electron chi connectivity index (χ0n) is 21.7. The molecule has 0 aromatic heterocycles. The number of nitrogens with zero attached hydrogens (tertiary/aromatic N) is 3. The summed E-state index contributed by atoms with van der Waals surface area (Å²) >= 11 is 0. The molecule has 0 saturated carbocycles. The highest BCUT2D eigenvalue weighted by atomic mass is 28.4. The Morgan fingerprint density at radius 1 is 1.24 bits per heavy atom. The lowest BCUT2D eigenvalue weighted by Gasteiger charge is -2.51. The summed E-state index contributed by atoms with van der Waals surface area (Å²) in [6.07, 6.45) is 0.171. The number of hydrogen-bond acceptors (Lipinski definition) is 6. The Labute approximate surface area is 198 Å². The molecule has 0 spiro atoms. The number of azide groups is 1. The van der Waals surface area contributed by atoms with E-state index in [0.717, 1.165) is 28.2 Å². The summed E-state index contributed by atoms with van der Waals surface area (Å²) in [6, 6.07) is 1.66. The zero-order valence-corrected chi connectivity index (χ0v) is 22.7. The van der Waals surface area contributed by atoms with Crippen LogP contribution >= 0.6 is 0 Å². The average molecular weight is 478 g/mol. The molecule has 1 saturated heterocycles. The standard InChI is InChI=1S/C24H39N3O5Si/c1-15-11-16(12-18(26-27-25)19-14-29-24(8,9)31-19)17-13-30-33(22(2,3)4,23(5,6)7)32-21(17)20(15)28-10/h11,18-19H,12-14H2,1-10H3. The Morgan fingerprint density at radius 2 is 1.88 bits per heavy atom. The van der Waals surface area contributed by atoms with Crippen molar-refractivity contribution < 1.29 is 23.1 Å². The third-order valence-corrected chi connectivity index (χ3v) is 11.5. The van der Waals surface area contributed by atoms with Gasteiger partial charge < -0.3 is 23.1 Å². The molecule has 33 heavy (non-hydrogen) atoms. The molecule has 0 aliphatic carbocycles. The van der Waals surface area contributed by atoms with Crippen molar-refractivity contribution in [2.45, 2.75) is 103 Å². The van der Waals surface area contributed by atoms with Gasteiger partial charge in [-0.15, -0.1) is 0 Å². The van der Waals surface area contributed by atoms with Gasteiger partial charge in [0.2, 0.25) is 0 Å². The molecule has 0 radical (unpaired) electrons. The first-order chi connectivity index (χ1) is 15.2. The van der Waals surface area contributed by atoms with Crippen LogP contribution in [-0.2, 0) is 26.9 Å². The molecule has 1 fully saturated rings. The molecular formula is C24H39N3O5Si. The number of methoxy groups -OCH3 is 1. The molecule has 2 aliphatic rings. The molecule has 2 aliphatic heterocycles. The van der Waals surface area contributed by atoms with E-state index in [4.69, 9.17) is 23.1 Å². The van der Waals surface area contributed by atoms with E-state index in [1.54, 1.807) is 7.11 Å². The van der Waals surface area contributed by atoms with Crippen LogP contribution in [0, 0.1) is 6.92 Å². The van der Waals surface area contributed by atoms with Crippen molar-refractivity contribution in [3.63, 3.8) is 0 Å². The minimum Gasteiger partial charge on any atom is -0.516 e. The van der Waals surface area contributed by atoms with E-state index in [1.165, 1.54) is 0 Å². The lowest BCUT2D eigenvalue weighted by atomic mass is 9.95. The van der Waals surface area contributed by atoms with Gasteiger partial charge in [-0.2, -0.15) is 0 Å².